The van der Waals surface area contributed by atoms with Crippen LogP contribution in [0.3, 0.4) is 0 Å². The number of aromatic nitrogens is 3. The number of pyridine rings is 1. The number of primary amides is 1. The van der Waals surface area contributed by atoms with Gasteiger partial charge in [0.25, 0.3) is 11.8 Å². The first-order chi connectivity index (χ1) is 15.8. The highest BCUT2D eigenvalue weighted by Crippen LogP contribution is 2.50. The molecule has 0 spiro atoms. The Hall–Kier alpha value is -3.58. The van der Waals surface area contributed by atoms with Crippen LogP contribution in [0.5, 0.6) is 0 Å². The molecule has 0 saturated heterocycles. The number of rotatable bonds is 5. The molecular weight excluding hydrogens is 430 g/mol. The summed E-state index contributed by atoms with van der Waals surface area (Å²) in [5.41, 5.74) is 7.93. The summed E-state index contributed by atoms with van der Waals surface area (Å²) in [6, 6.07) is 7.53. The summed E-state index contributed by atoms with van der Waals surface area (Å²) < 4.78 is 30.3. The Bertz CT molecular complexity index is 1270. The summed E-state index contributed by atoms with van der Waals surface area (Å²) in [6.07, 6.45) is 4.40. The number of aliphatic hydroxyl groups is 1. The summed E-state index contributed by atoms with van der Waals surface area (Å²) in [5, 5.41) is 24.2. The predicted octanol–water partition coefficient (Wildman–Crippen LogP) is 2.61. The molecule has 2 saturated carbocycles. The van der Waals surface area contributed by atoms with Gasteiger partial charge in [-0.3, -0.25) is 9.78 Å². The molecule has 0 aromatic carbocycles. The van der Waals surface area contributed by atoms with Gasteiger partial charge < -0.3 is 15.7 Å². The number of carbonyl (C=O) groups is 1. The number of nitrogens with zero attached hydrogens (tertiary/aromatic N) is 5. The Morgan fingerprint density at radius 2 is 2.06 bits per heavy atom. The number of nitriles is 1. The lowest BCUT2D eigenvalue weighted by molar-refractivity contribution is 0.0906. The maximum absolute atomic E-state index is 14.3. The van der Waals surface area contributed by atoms with E-state index >= 15 is 0 Å². The van der Waals surface area contributed by atoms with Crippen LogP contribution in [0.4, 0.5) is 14.5 Å². The molecule has 3 N–H and O–H groups in total. The van der Waals surface area contributed by atoms with Crippen LogP contribution in [-0.2, 0) is 0 Å². The number of carbonyl (C=O) groups excluding carboxylic acids is 1. The molecule has 33 heavy (non-hydrogen) atoms. The van der Waals surface area contributed by atoms with Crippen LogP contribution in [0.25, 0.3) is 5.52 Å². The van der Waals surface area contributed by atoms with Gasteiger partial charge in [-0.05, 0) is 43.5 Å². The van der Waals surface area contributed by atoms with E-state index in [9.17, 15) is 18.7 Å². The molecule has 2 unspecified atom stereocenters. The number of hydrogen-bond acceptors (Lipinski definition) is 6. The zero-order valence-electron chi connectivity index (χ0n) is 17.6. The van der Waals surface area contributed by atoms with Gasteiger partial charge in [0.2, 0.25) is 0 Å². The summed E-state index contributed by atoms with van der Waals surface area (Å²) in [4.78, 5) is 17.5. The number of fused-ring (bicyclic) bond motifs is 1. The number of aliphatic hydroxyl groups excluding tert-OH is 1. The lowest BCUT2D eigenvalue weighted by Crippen LogP contribution is -2.46. The molecule has 1 amide bonds. The van der Waals surface area contributed by atoms with E-state index in [1.165, 1.54) is 24.7 Å². The average molecular weight is 452 g/mol. The number of halogens is 2. The van der Waals surface area contributed by atoms with Crippen LogP contribution in [0.15, 0.2) is 42.9 Å². The molecule has 2 aliphatic carbocycles. The fourth-order valence-corrected chi connectivity index (χ4v) is 5.04. The fraction of sp³-hybridized carbons (Fsp3) is 0.391. The monoisotopic (exact) mass is 452 g/mol. The summed E-state index contributed by atoms with van der Waals surface area (Å²) >= 11 is 0. The van der Waals surface area contributed by atoms with Crippen molar-refractivity contribution >= 4 is 17.1 Å². The molecule has 5 rings (SSSR count). The second kappa shape index (κ2) is 7.78. The smallest absolute Gasteiger partial charge is 0.270 e. The normalized spacial score (nSPS) is 26.0. The van der Waals surface area contributed by atoms with Gasteiger partial charge >= 0.3 is 0 Å². The Kier molecular flexibility index (Phi) is 5.01. The summed E-state index contributed by atoms with van der Waals surface area (Å²) in [5.74, 6) is -3.78. The van der Waals surface area contributed by atoms with Crippen LogP contribution in [0, 0.1) is 11.3 Å². The van der Waals surface area contributed by atoms with Crippen molar-refractivity contribution in [1.29, 1.82) is 5.26 Å². The van der Waals surface area contributed by atoms with Gasteiger partial charge in [-0.2, -0.15) is 10.4 Å². The average Bonchev–Trinajstić information content (AvgIpc) is 3.21. The first kappa shape index (κ1) is 21.3. The van der Waals surface area contributed by atoms with Crippen molar-refractivity contribution in [3.63, 3.8) is 0 Å². The van der Waals surface area contributed by atoms with Gasteiger partial charge in [0.05, 0.1) is 40.7 Å². The van der Waals surface area contributed by atoms with Crippen molar-refractivity contribution in [3.8, 4) is 6.07 Å². The largest absolute Gasteiger partial charge is 0.393 e. The van der Waals surface area contributed by atoms with Crippen LogP contribution in [0.1, 0.15) is 53.2 Å². The highest BCUT2D eigenvalue weighted by molar-refractivity contribution is 5.98. The molecule has 4 atom stereocenters. The van der Waals surface area contributed by atoms with Crippen LogP contribution >= 0.6 is 0 Å². The van der Waals surface area contributed by atoms with Gasteiger partial charge in [0, 0.05) is 36.5 Å². The van der Waals surface area contributed by atoms with Crippen LogP contribution in [0.2, 0.25) is 0 Å². The predicted molar refractivity (Wildman–Crippen MR) is 115 cm³/mol. The molecular formula is C23H22F2N6O2. The minimum Gasteiger partial charge on any atom is -0.393 e. The number of anilines is 1. The van der Waals surface area contributed by atoms with Crippen molar-refractivity contribution in [2.24, 2.45) is 5.73 Å². The Balaban J connectivity index is 1.52. The van der Waals surface area contributed by atoms with Gasteiger partial charge in [0.15, 0.2) is 0 Å². The highest BCUT2D eigenvalue weighted by Gasteiger charge is 2.62. The van der Waals surface area contributed by atoms with Crippen molar-refractivity contribution < 1.29 is 18.7 Å². The Labute approximate surface area is 188 Å². The Morgan fingerprint density at radius 3 is 2.76 bits per heavy atom. The topological polar surface area (TPSA) is 121 Å². The van der Waals surface area contributed by atoms with Gasteiger partial charge in [0.1, 0.15) is 6.07 Å². The van der Waals surface area contributed by atoms with E-state index in [1.807, 2.05) is 12.1 Å². The molecule has 0 radical (unpaired) electrons. The van der Waals surface area contributed by atoms with Crippen molar-refractivity contribution in [2.75, 3.05) is 4.90 Å². The van der Waals surface area contributed by atoms with Crippen molar-refractivity contribution in [2.45, 2.75) is 55.7 Å². The van der Waals surface area contributed by atoms with E-state index in [1.54, 1.807) is 15.5 Å². The summed E-state index contributed by atoms with van der Waals surface area (Å²) in [6.45, 7) is 0. The third-order valence-corrected chi connectivity index (χ3v) is 6.60. The first-order valence-corrected chi connectivity index (χ1v) is 10.7. The Morgan fingerprint density at radius 1 is 1.27 bits per heavy atom. The molecule has 10 heteroatoms. The van der Waals surface area contributed by atoms with Gasteiger partial charge in [-0.1, -0.05) is 0 Å². The van der Waals surface area contributed by atoms with E-state index in [0.29, 0.717) is 30.5 Å². The number of nitrogens with two attached hydrogens (primary N) is 1. The van der Waals surface area contributed by atoms with Crippen molar-refractivity contribution in [3.05, 3.63) is 59.7 Å². The second-order valence-corrected chi connectivity index (χ2v) is 8.81. The van der Waals surface area contributed by atoms with E-state index in [2.05, 4.69) is 16.2 Å². The minimum absolute atomic E-state index is 0.0793. The lowest BCUT2D eigenvalue weighted by Gasteiger charge is -2.41. The number of hydrogen-bond donors (Lipinski definition) is 2. The number of amides is 1. The molecule has 0 bridgehead atoms. The minimum atomic E-state index is -2.88. The van der Waals surface area contributed by atoms with Gasteiger partial charge in [-0.15, -0.1) is 0 Å². The zero-order valence-corrected chi connectivity index (χ0v) is 17.6. The van der Waals surface area contributed by atoms with Crippen LogP contribution < -0.4 is 10.6 Å². The second-order valence-electron chi connectivity index (χ2n) is 8.81. The van der Waals surface area contributed by atoms with E-state index in [-0.39, 0.29) is 17.9 Å². The van der Waals surface area contributed by atoms with Gasteiger partial charge in [-0.25, -0.2) is 13.3 Å². The molecule has 3 aromatic heterocycles. The number of alkyl halides is 2. The highest BCUT2D eigenvalue weighted by atomic mass is 19.3. The lowest BCUT2D eigenvalue weighted by atomic mass is 9.81. The van der Waals surface area contributed by atoms with E-state index < -0.39 is 30.0 Å². The maximum atomic E-state index is 14.3. The molecule has 3 heterocycles. The van der Waals surface area contributed by atoms with Crippen molar-refractivity contribution in [1.82, 2.24) is 14.6 Å². The molecule has 3 aromatic rings. The van der Waals surface area contributed by atoms with E-state index in [0.717, 1.165) is 11.2 Å². The maximum Gasteiger partial charge on any atom is 0.270 e. The SMILES string of the molecule is N#Cc1cnn2c(C3C[C@@H](O)C[C@@H](N(c4ccncc4C(N)=O)C4CC4(F)F)C3)ccc2c1. The third-order valence-electron chi connectivity index (χ3n) is 6.60. The third kappa shape index (κ3) is 3.78. The standard InChI is InChI=1S/C23H22F2N6O2/c24-23(25)9-21(23)30(20-3-4-28-12-18(20)22(27)33)16-6-14(7-17(32)8-16)19-2-1-15-5-13(10-26)11-29-31(15)19/h1-5,11-12,14,16-17,21,32H,6-9H2,(H2,27,33)/t14?,16-,17+,21?/m0/s1. The molecule has 2 fully saturated rings. The van der Waals surface area contributed by atoms with E-state index in [4.69, 9.17) is 11.0 Å². The fourth-order valence-electron chi connectivity index (χ4n) is 5.04. The summed E-state index contributed by atoms with van der Waals surface area (Å²) in [7, 11) is 0. The van der Waals surface area contributed by atoms with Crippen LogP contribution in [-0.4, -0.2) is 49.7 Å². The molecule has 170 valence electrons. The molecule has 2 aliphatic rings. The first-order valence-electron chi connectivity index (χ1n) is 10.7. The zero-order chi connectivity index (χ0) is 23.3. The molecule has 8 nitrogen and oxygen atoms in total. The molecule has 0 aliphatic heterocycles. The quantitative estimate of drug-likeness (QED) is 0.614.